The van der Waals surface area contributed by atoms with Gasteiger partial charge in [-0.05, 0) is 12.1 Å². The highest BCUT2D eigenvalue weighted by atomic mass is 35.5. The first-order valence-corrected chi connectivity index (χ1v) is 8.36. The molecule has 0 saturated carbocycles. The molecule has 1 aliphatic heterocycles. The normalized spacial score (nSPS) is 15.9. The van der Waals surface area contributed by atoms with Gasteiger partial charge in [0.2, 0.25) is 0 Å². The van der Waals surface area contributed by atoms with E-state index in [1.807, 2.05) is 30.5 Å². The van der Waals surface area contributed by atoms with Crippen LogP contribution in [0.25, 0.3) is 11.3 Å². The molecule has 1 fully saturated rings. The fourth-order valence-electron chi connectivity index (χ4n) is 2.58. The molecule has 3 rings (SSSR count). The first-order valence-electron chi connectivity index (χ1n) is 7.98. The van der Waals surface area contributed by atoms with Crippen molar-refractivity contribution < 1.29 is 4.74 Å². The Hall–Kier alpha value is -1.47. The quantitative estimate of drug-likeness (QED) is 0.778. The SMILES string of the molecule is Clc1cccc(-c2cn(CCOCCN3CCNCC3)nn2)c1. The van der Waals surface area contributed by atoms with Gasteiger partial charge in [0.05, 0.1) is 26.0 Å². The van der Waals surface area contributed by atoms with Gasteiger partial charge in [0.25, 0.3) is 0 Å². The van der Waals surface area contributed by atoms with Gasteiger partial charge in [-0.15, -0.1) is 5.10 Å². The molecule has 23 heavy (non-hydrogen) atoms. The minimum Gasteiger partial charge on any atom is -0.378 e. The Balaban J connectivity index is 1.39. The summed E-state index contributed by atoms with van der Waals surface area (Å²) in [5.74, 6) is 0. The number of benzene rings is 1. The van der Waals surface area contributed by atoms with E-state index in [9.17, 15) is 0 Å². The molecule has 1 aromatic heterocycles. The van der Waals surface area contributed by atoms with E-state index in [1.165, 1.54) is 0 Å². The van der Waals surface area contributed by atoms with E-state index in [0.717, 1.165) is 50.6 Å². The highest BCUT2D eigenvalue weighted by molar-refractivity contribution is 6.30. The molecule has 1 aromatic carbocycles. The maximum Gasteiger partial charge on any atom is 0.113 e. The van der Waals surface area contributed by atoms with E-state index in [1.54, 1.807) is 4.68 Å². The Bertz CT molecular complexity index is 612. The van der Waals surface area contributed by atoms with Crippen molar-refractivity contribution in [1.29, 1.82) is 0 Å². The molecule has 0 aliphatic carbocycles. The predicted octanol–water partition coefficient (Wildman–Crippen LogP) is 1.52. The Morgan fingerprint density at radius 3 is 2.83 bits per heavy atom. The number of nitrogens with one attached hydrogen (secondary N) is 1. The summed E-state index contributed by atoms with van der Waals surface area (Å²) in [7, 11) is 0. The molecule has 7 heteroatoms. The van der Waals surface area contributed by atoms with Crippen LogP contribution >= 0.6 is 11.6 Å². The van der Waals surface area contributed by atoms with Gasteiger partial charge >= 0.3 is 0 Å². The number of aromatic nitrogens is 3. The Morgan fingerprint density at radius 2 is 2.00 bits per heavy atom. The average molecular weight is 336 g/mol. The van der Waals surface area contributed by atoms with Crippen molar-refractivity contribution in [3.63, 3.8) is 0 Å². The molecular formula is C16H22ClN5O. The van der Waals surface area contributed by atoms with Gasteiger partial charge in [0.1, 0.15) is 5.69 Å². The van der Waals surface area contributed by atoms with Gasteiger partial charge in [-0.1, -0.05) is 28.9 Å². The van der Waals surface area contributed by atoms with Crippen molar-refractivity contribution in [2.45, 2.75) is 6.54 Å². The minimum atomic E-state index is 0.643. The molecule has 0 spiro atoms. The van der Waals surface area contributed by atoms with E-state index in [0.29, 0.717) is 18.2 Å². The number of rotatable bonds is 7. The molecule has 2 heterocycles. The second-order valence-corrected chi connectivity index (χ2v) is 6.02. The van der Waals surface area contributed by atoms with Crippen LogP contribution in [0.5, 0.6) is 0 Å². The zero-order valence-corrected chi connectivity index (χ0v) is 13.9. The van der Waals surface area contributed by atoms with Gasteiger partial charge in [0, 0.05) is 43.3 Å². The van der Waals surface area contributed by atoms with Gasteiger partial charge in [-0.2, -0.15) is 0 Å². The number of hydrogen-bond acceptors (Lipinski definition) is 5. The van der Waals surface area contributed by atoms with E-state index in [4.69, 9.17) is 16.3 Å². The third kappa shape index (κ3) is 5.00. The molecule has 1 aliphatic rings. The van der Waals surface area contributed by atoms with Gasteiger partial charge in [-0.25, -0.2) is 4.68 Å². The molecule has 124 valence electrons. The Morgan fingerprint density at radius 1 is 1.17 bits per heavy atom. The highest BCUT2D eigenvalue weighted by Crippen LogP contribution is 2.20. The van der Waals surface area contributed by atoms with Crippen LogP contribution in [0.1, 0.15) is 0 Å². The lowest BCUT2D eigenvalue weighted by molar-refractivity contribution is 0.0918. The maximum atomic E-state index is 6.00. The Labute approximate surface area is 141 Å². The highest BCUT2D eigenvalue weighted by Gasteiger charge is 2.08. The van der Waals surface area contributed by atoms with Crippen molar-refractivity contribution in [2.75, 3.05) is 45.9 Å². The lowest BCUT2D eigenvalue weighted by Gasteiger charge is -2.26. The van der Waals surface area contributed by atoms with E-state index in [2.05, 4.69) is 20.5 Å². The maximum absolute atomic E-state index is 6.00. The minimum absolute atomic E-state index is 0.643. The summed E-state index contributed by atoms with van der Waals surface area (Å²) in [6.45, 7) is 7.46. The van der Waals surface area contributed by atoms with Crippen molar-refractivity contribution in [2.24, 2.45) is 0 Å². The van der Waals surface area contributed by atoms with Crippen LogP contribution in [0.15, 0.2) is 30.5 Å². The third-order valence-corrected chi connectivity index (χ3v) is 4.12. The smallest absolute Gasteiger partial charge is 0.113 e. The van der Waals surface area contributed by atoms with Crippen LogP contribution in [-0.2, 0) is 11.3 Å². The lowest BCUT2D eigenvalue weighted by atomic mass is 10.2. The van der Waals surface area contributed by atoms with Gasteiger partial charge < -0.3 is 10.1 Å². The summed E-state index contributed by atoms with van der Waals surface area (Å²) in [5, 5.41) is 12.4. The Kier molecular flexibility index (Phi) is 5.99. The van der Waals surface area contributed by atoms with Crippen molar-refractivity contribution in [3.05, 3.63) is 35.5 Å². The summed E-state index contributed by atoms with van der Waals surface area (Å²) >= 11 is 6.00. The van der Waals surface area contributed by atoms with Crippen LogP contribution in [0.3, 0.4) is 0 Å². The van der Waals surface area contributed by atoms with E-state index < -0.39 is 0 Å². The molecule has 0 amide bonds. The molecule has 0 radical (unpaired) electrons. The molecule has 0 atom stereocenters. The average Bonchev–Trinajstić information content (AvgIpc) is 3.04. The fraction of sp³-hybridized carbons (Fsp3) is 0.500. The third-order valence-electron chi connectivity index (χ3n) is 3.89. The second-order valence-electron chi connectivity index (χ2n) is 5.58. The van der Waals surface area contributed by atoms with Crippen LogP contribution in [0.2, 0.25) is 5.02 Å². The molecule has 2 aromatic rings. The number of piperazine rings is 1. The lowest BCUT2D eigenvalue weighted by Crippen LogP contribution is -2.44. The summed E-state index contributed by atoms with van der Waals surface area (Å²) in [4.78, 5) is 2.42. The standard InChI is InChI=1S/C16H22ClN5O/c17-15-3-1-2-14(12-15)16-13-22(20-19-16)9-11-23-10-8-21-6-4-18-5-7-21/h1-3,12-13,18H,4-11H2. The van der Waals surface area contributed by atoms with Crippen molar-refractivity contribution in [1.82, 2.24) is 25.2 Å². The van der Waals surface area contributed by atoms with Crippen LogP contribution < -0.4 is 5.32 Å². The summed E-state index contributed by atoms with van der Waals surface area (Å²) in [5.41, 5.74) is 1.80. The topological polar surface area (TPSA) is 55.2 Å². The number of ether oxygens (including phenoxy) is 1. The molecule has 1 N–H and O–H groups in total. The van der Waals surface area contributed by atoms with Gasteiger partial charge in [-0.3, -0.25) is 4.90 Å². The van der Waals surface area contributed by atoms with Crippen LogP contribution in [0.4, 0.5) is 0 Å². The number of nitrogens with zero attached hydrogens (tertiary/aromatic N) is 4. The van der Waals surface area contributed by atoms with E-state index in [-0.39, 0.29) is 0 Å². The molecule has 0 unspecified atom stereocenters. The molecule has 1 saturated heterocycles. The van der Waals surface area contributed by atoms with Crippen molar-refractivity contribution in [3.8, 4) is 11.3 Å². The summed E-state index contributed by atoms with van der Waals surface area (Å²) in [6, 6.07) is 7.63. The summed E-state index contributed by atoms with van der Waals surface area (Å²) < 4.78 is 7.51. The molecular weight excluding hydrogens is 314 g/mol. The van der Waals surface area contributed by atoms with Gasteiger partial charge in [0.15, 0.2) is 0 Å². The van der Waals surface area contributed by atoms with Crippen molar-refractivity contribution >= 4 is 11.6 Å². The monoisotopic (exact) mass is 335 g/mol. The first-order chi connectivity index (χ1) is 11.3. The zero-order chi connectivity index (χ0) is 15.9. The first kappa shape index (κ1) is 16.4. The van der Waals surface area contributed by atoms with Crippen LogP contribution in [0, 0.1) is 0 Å². The predicted molar refractivity (Wildman–Crippen MR) is 90.6 cm³/mol. The number of hydrogen-bond donors (Lipinski definition) is 1. The van der Waals surface area contributed by atoms with E-state index >= 15 is 0 Å². The second kappa shape index (κ2) is 8.40. The number of halogens is 1. The van der Waals surface area contributed by atoms with Crippen LogP contribution in [-0.4, -0.2) is 65.8 Å². The molecule has 0 bridgehead atoms. The largest absolute Gasteiger partial charge is 0.378 e. The molecule has 6 nitrogen and oxygen atoms in total. The summed E-state index contributed by atoms with van der Waals surface area (Å²) in [6.07, 6.45) is 1.92. The zero-order valence-electron chi connectivity index (χ0n) is 13.1. The fourth-order valence-corrected chi connectivity index (χ4v) is 2.77.